The van der Waals surface area contributed by atoms with Crippen LogP contribution in [0.25, 0.3) is 0 Å². The van der Waals surface area contributed by atoms with Crippen LogP contribution >= 0.6 is 0 Å². The molecule has 3 rings (SSSR count). The average Bonchev–Trinajstić information content (AvgIpc) is 2.93. The molecule has 0 spiro atoms. The number of hydrogen-bond donors (Lipinski definition) is 1. The third kappa shape index (κ3) is 3.03. The molecule has 0 aliphatic heterocycles. The molecule has 2 N–H and O–H groups in total. The predicted octanol–water partition coefficient (Wildman–Crippen LogP) is 0.593. The van der Waals surface area contributed by atoms with Gasteiger partial charge in [-0.2, -0.15) is 4.98 Å². The number of nitrogen functional groups attached to an aromatic ring is 1. The van der Waals surface area contributed by atoms with Gasteiger partial charge in [-0.05, 0) is 5.56 Å². The smallest absolute Gasteiger partial charge is 0.349 e. The standard InChI is InChI=1S/C15H16N6O/c1-20-9-12(14(16)17-15(20)22)7-13-10-21(19-18-13)8-11-5-3-2-4-6-11/h2-6,9-10H,7-8H2,1H3,(H2,16,17,22). The Hall–Kier alpha value is -2.96. The molecule has 1 aromatic carbocycles. The van der Waals surface area contributed by atoms with Gasteiger partial charge in [-0.3, -0.25) is 0 Å². The van der Waals surface area contributed by atoms with Gasteiger partial charge in [0, 0.05) is 31.4 Å². The Bertz CT molecular complexity index is 837. The molecule has 0 saturated heterocycles. The number of rotatable bonds is 4. The molecule has 7 nitrogen and oxygen atoms in total. The molecule has 0 saturated carbocycles. The lowest BCUT2D eigenvalue weighted by Gasteiger charge is -2.04. The zero-order valence-corrected chi connectivity index (χ0v) is 12.2. The molecular weight excluding hydrogens is 280 g/mol. The summed E-state index contributed by atoms with van der Waals surface area (Å²) < 4.78 is 3.18. The van der Waals surface area contributed by atoms with Crippen LogP contribution in [0.3, 0.4) is 0 Å². The van der Waals surface area contributed by atoms with Gasteiger partial charge in [0.15, 0.2) is 0 Å². The summed E-state index contributed by atoms with van der Waals surface area (Å²) in [4.78, 5) is 15.2. The Kier molecular flexibility index (Phi) is 3.69. The van der Waals surface area contributed by atoms with Gasteiger partial charge in [-0.1, -0.05) is 35.5 Å². The summed E-state index contributed by atoms with van der Waals surface area (Å²) in [5.74, 6) is 0.237. The summed E-state index contributed by atoms with van der Waals surface area (Å²) in [6, 6.07) is 10.0. The van der Waals surface area contributed by atoms with Crippen LogP contribution in [0.5, 0.6) is 0 Å². The van der Waals surface area contributed by atoms with Crippen LogP contribution in [0.15, 0.2) is 47.5 Å². The van der Waals surface area contributed by atoms with Gasteiger partial charge in [0.05, 0.1) is 12.2 Å². The Labute approximate surface area is 127 Å². The minimum atomic E-state index is -0.367. The number of hydrogen-bond acceptors (Lipinski definition) is 5. The van der Waals surface area contributed by atoms with E-state index in [9.17, 15) is 4.79 Å². The second-order valence-corrected chi connectivity index (χ2v) is 5.11. The number of nitrogens with two attached hydrogens (primary N) is 1. The zero-order chi connectivity index (χ0) is 15.5. The Balaban J connectivity index is 1.77. The van der Waals surface area contributed by atoms with Gasteiger partial charge >= 0.3 is 5.69 Å². The van der Waals surface area contributed by atoms with Crippen molar-refractivity contribution in [1.82, 2.24) is 24.5 Å². The number of aryl methyl sites for hydroxylation is 1. The van der Waals surface area contributed by atoms with Gasteiger partial charge in [-0.25, -0.2) is 9.48 Å². The molecule has 0 radical (unpaired) electrons. The highest BCUT2D eigenvalue weighted by atomic mass is 16.1. The van der Waals surface area contributed by atoms with Crippen LogP contribution in [0.1, 0.15) is 16.8 Å². The maximum atomic E-state index is 11.4. The van der Waals surface area contributed by atoms with Gasteiger partial charge in [-0.15, -0.1) is 5.10 Å². The second-order valence-electron chi connectivity index (χ2n) is 5.11. The van der Waals surface area contributed by atoms with Crippen LogP contribution in [-0.4, -0.2) is 24.5 Å². The number of nitrogens with zero attached hydrogens (tertiary/aromatic N) is 5. The Morgan fingerprint density at radius 3 is 2.73 bits per heavy atom. The monoisotopic (exact) mass is 296 g/mol. The number of aromatic nitrogens is 5. The van der Waals surface area contributed by atoms with Crippen molar-refractivity contribution in [2.24, 2.45) is 7.05 Å². The highest BCUT2D eigenvalue weighted by Gasteiger charge is 2.08. The molecule has 2 aromatic heterocycles. The van der Waals surface area contributed by atoms with Gasteiger partial charge in [0.25, 0.3) is 0 Å². The van der Waals surface area contributed by atoms with Crippen molar-refractivity contribution < 1.29 is 0 Å². The van der Waals surface area contributed by atoms with Crippen molar-refractivity contribution in [2.45, 2.75) is 13.0 Å². The molecule has 0 atom stereocenters. The average molecular weight is 296 g/mol. The SMILES string of the molecule is Cn1cc(Cc2cn(Cc3ccccc3)nn2)c(N)nc1=O. The second kappa shape index (κ2) is 5.80. The van der Waals surface area contributed by atoms with Gasteiger partial charge < -0.3 is 10.3 Å². The summed E-state index contributed by atoms with van der Waals surface area (Å²) in [5, 5.41) is 8.26. The maximum Gasteiger partial charge on any atom is 0.349 e. The van der Waals surface area contributed by atoms with Crippen molar-refractivity contribution in [1.29, 1.82) is 0 Å². The predicted molar refractivity (Wildman–Crippen MR) is 82.3 cm³/mol. The van der Waals surface area contributed by atoms with Gasteiger partial charge in [0.2, 0.25) is 0 Å². The molecule has 0 unspecified atom stereocenters. The molecule has 112 valence electrons. The maximum absolute atomic E-state index is 11.4. The summed E-state index contributed by atoms with van der Waals surface area (Å²) in [6.07, 6.45) is 4.04. The first kappa shape index (κ1) is 14.0. The van der Waals surface area contributed by atoms with Gasteiger partial charge in [0.1, 0.15) is 5.82 Å². The Morgan fingerprint density at radius 1 is 1.18 bits per heavy atom. The molecule has 3 aromatic rings. The van der Waals surface area contributed by atoms with E-state index in [0.717, 1.165) is 16.8 Å². The molecule has 0 fully saturated rings. The topological polar surface area (TPSA) is 91.6 Å². The fraction of sp³-hybridized carbons (Fsp3) is 0.200. The van der Waals surface area contributed by atoms with Crippen LogP contribution in [-0.2, 0) is 20.0 Å². The van der Waals surface area contributed by atoms with E-state index in [4.69, 9.17) is 5.73 Å². The first-order chi connectivity index (χ1) is 10.6. The van der Waals surface area contributed by atoms with Crippen molar-refractivity contribution in [3.8, 4) is 0 Å². The first-order valence-electron chi connectivity index (χ1n) is 6.87. The van der Waals surface area contributed by atoms with Crippen LogP contribution in [0.4, 0.5) is 5.82 Å². The third-order valence-corrected chi connectivity index (χ3v) is 3.34. The molecule has 22 heavy (non-hydrogen) atoms. The molecule has 0 amide bonds. The van der Waals surface area contributed by atoms with E-state index in [-0.39, 0.29) is 11.5 Å². The zero-order valence-electron chi connectivity index (χ0n) is 12.2. The summed E-state index contributed by atoms with van der Waals surface area (Å²) in [6.45, 7) is 0.662. The highest BCUT2D eigenvalue weighted by molar-refractivity contribution is 5.38. The lowest BCUT2D eigenvalue weighted by molar-refractivity contribution is 0.649. The lowest BCUT2D eigenvalue weighted by Crippen LogP contribution is -2.22. The van der Waals surface area contributed by atoms with E-state index in [1.54, 1.807) is 17.9 Å². The minimum Gasteiger partial charge on any atom is -0.383 e. The van der Waals surface area contributed by atoms with Crippen molar-refractivity contribution in [2.75, 3.05) is 5.73 Å². The van der Waals surface area contributed by atoms with E-state index in [2.05, 4.69) is 15.3 Å². The number of anilines is 1. The summed E-state index contributed by atoms with van der Waals surface area (Å²) in [5.41, 5.74) is 8.12. The largest absolute Gasteiger partial charge is 0.383 e. The van der Waals surface area contributed by atoms with E-state index in [1.807, 2.05) is 36.5 Å². The molecule has 0 aliphatic rings. The van der Waals surface area contributed by atoms with Crippen LogP contribution in [0.2, 0.25) is 0 Å². The van der Waals surface area contributed by atoms with Crippen molar-refractivity contribution >= 4 is 5.82 Å². The first-order valence-corrected chi connectivity index (χ1v) is 6.87. The van der Waals surface area contributed by atoms with E-state index in [0.29, 0.717) is 13.0 Å². The molecule has 2 heterocycles. The summed E-state index contributed by atoms with van der Waals surface area (Å²) in [7, 11) is 1.64. The van der Waals surface area contributed by atoms with E-state index >= 15 is 0 Å². The summed E-state index contributed by atoms with van der Waals surface area (Å²) >= 11 is 0. The fourth-order valence-electron chi connectivity index (χ4n) is 2.21. The fourth-order valence-corrected chi connectivity index (χ4v) is 2.21. The highest BCUT2D eigenvalue weighted by Crippen LogP contribution is 2.11. The molecular formula is C15H16N6O. The molecule has 0 bridgehead atoms. The van der Waals surface area contributed by atoms with Crippen molar-refractivity contribution in [3.05, 3.63) is 70.0 Å². The third-order valence-electron chi connectivity index (χ3n) is 3.34. The number of benzene rings is 1. The Morgan fingerprint density at radius 2 is 1.95 bits per heavy atom. The molecule has 0 aliphatic carbocycles. The quantitative estimate of drug-likeness (QED) is 0.761. The van der Waals surface area contributed by atoms with Crippen LogP contribution in [0, 0.1) is 0 Å². The normalized spacial score (nSPS) is 10.8. The van der Waals surface area contributed by atoms with E-state index < -0.39 is 0 Å². The van der Waals surface area contributed by atoms with Crippen LogP contribution < -0.4 is 11.4 Å². The van der Waals surface area contributed by atoms with E-state index in [1.165, 1.54) is 4.57 Å². The molecule has 7 heteroatoms. The minimum absolute atomic E-state index is 0.237. The van der Waals surface area contributed by atoms with Crippen molar-refractivity contribution in [3.63, 3.8) is 0 Å². The lowest BCUT2D eigenvalue weighted by atomic mass is 10.2.